The molecule has 0 aromatic heterocycles. The van der Waals surface area contributed by atoms with Crippen molar-refractivity contribution in [3.05, 3.63) is 0 Å². The van der Waals surface area contributed by atoms with Crippen LogP contribution in [0.5, 0.6) is 0 Å². The lowest BCUT2D eigenvalue weighted by molar-refractivity contribution is -0.317. The Morgan fingerprint density at radius 2 is 1.22 bits per heavy atom. The van der Waals surface area contributed by atoms with E-state index in [9.17, 15) is 35.4 Å². The number of carbonyl (C=O) groups is 1. The Morgan fingerprint density at radius 3 is 1.66 bits per heavy atom. The fourth-order valence-corrected chi connectivity index (χ4v) is 5.23. The highest BCUT2D eigenvalue weighted by molar-refractivity contribution is 5.69. The molecule has 8 N–H and O–H groups in total. The maximum Gasteiger partial charge on any atom is 0.317 e. The van der Waals surface area contributed by atoms with Crippen LogP contribution in [0, 0.1) is 0 Å². The average molecular weight is 594 g/mol. The van der Waals surface area contributed by atoms with Crippen molar-refractivity contribution < 1.29 is 50.0 Å². The van der Waals surface area contributed by atoms with Gasteiger partial charge in [0.2, 0.25) is 0 Å². The number of aliphatic carboxylic acids is 1. The third kappa shape index (κ3) is 16.5. The molecule has 9 unspecified atom stereocenters. The molecule has 1 aliphatic heterocycles. The third-order valence-corrected chi connectivity index (χ3v) is 8.09. The van der Waals surface area contributed by atoms with Crippen LogP contribution in [-0.2, 0) is 14.3 Å². The van der Waals surface area contributed by atoms with Gasteiger partial charge in [-0.15, -0.1) is 0 Å². The minimum atomic E-state index is -1.50. The summed E-state index contributed by atoms with van der Waals surface area (Å²) in [6, 6.07) is -0.207. The molecule has 244 valence electrons. The highest BCUT2D eigenvalue weighted by atomic mass is 16.7. The number of nitrogens with one attached hydrogen (secondary N) is 1. The molecule has 1 aliphatic rings. The van der Waals surface area contributed by atoms with Crippen molar-refractivity contribution in [3.63, 3.8) is 0 Å². The number of carboxylic acid groups (broad SMARTS) is 1. The second-order valence-electron chi connectivity index (χ2n) is 11.8. The fourth-order valence-electron chi connectivity index (χ4n) is 5.23. The highest BCUT2D eigenvalue weighted by Gasteiger charge is 2.45. The van der Waals surface area contributed by atoms with Crippen LogP contribution >= 0.6 is 0 Å². The molecule has 1 saturated heterocycles. The van der Waals surface area contributed by atoms with Crippen LogP contribution in [0.3, 0.4) is 0 Å². The van der Waals surface area contributed by atoms with Crippen LogP contribution in [0.2, 0.25) is 0 Å². The van der Waals surface area contributed by atoms with Crippen LogP contribution in [0.1, 0.15) is 117 Å². The largest absolute Gasteiger partial charge is 0.480 e. The van der Waals surface area contributed by atoms with Crippen LogP contribution in [0.25, 0.3) is 0 Å². The Hall–Kier alpha value is -0.890. The van der Waals surface area contributed by atoms with E-state index < -0.39 is 61.6 Å². The van der Waals surface area contributed by atoms with Crippen molar-refractivity contribution in [1.82, 2.24) is 5.32 Å². The zero-order valence-corrected chi connectivity index (χ0v) is 25.3. The summed E-state index contributed by atoms with van der Waals surface area (Å²) in [5, 5.41) is 71.0. The zero-order chi connectivity index (χ0) is 30.6. The first-order valence-corrected chi connectivity index (χ1v) is 15.9. The maximum atomic E-state index is 10.6. The first kappa shape index (κ1) is 38.1. The number of hydrogen-bond acceptors (Lipinski definition) is 10. The average Bonchev–Trinajstić information content (AvgIpc) is 2.94. The third-order valence-electron chi connectivity index (χ3n) is 8.09. The van der Waals surface area contributed by atoms with Crippen LogP contribution < -0.4 is 5.32 Å². The number of aliphatic hydroxyl groups is 6. The summed E-state index contributed by atoms with van der Waals surface area (Å²) in [5.41, 5.74) is 0. The monoisotopic (exact) mass is 593 g/mol. The van der Waals surface area contributed by atoms with E-state index in [4.69, 9.17) is 14.6 Å². The lowest BCUT2D eigenvalue weighted by Crippen LogP contribution is -2.60. The van der Waals surface area contributed by atoms with Crippen LogP contribution in [0.4, 0.5) is 0 Å². The molecular formula is C30H59NO10. The van der Waals surface area contributed by atoms with Gasteiger partial charge in [0.15, 0.2) is 6.29 Å². The zero-order valence-electron chi connectivity index (χ0n) is 25.3. The lowest BCUT2D eigenvalue weighted by atomic mass is 9.99. The summed E-state index contributed by atoms with van der Waals surface area (Å²) in [7, 11) is 0. The molecule has 1 rings (SSSR count). The summed E-state index contributed by atoms with van der Waals surface area (Å²) < 4.78 is 11.1. The summed E-state index contributed by atoms with van der Waals surface area (Å²) in [5.74, 6) is -0.912. The number of hydrogen-bond donors (Lipinski definition) is 8. The summed E-state index contributed by atoms with van der Waals surface area (Å²) in [4.78, 5) is 10.6. The summed E-state index contributed by atoms with van der Waals surface area (Å²) in [6.07, 6.45) is 8.80. The Bertz CT molecular complexity index is 653. The normalized spacial score (nSPS) is 26.0. The number of aliphatic hydroxyl groups excluding tert-OH is 6. The van der Waals surface area contributed by atoms with Crippen LogP contribution in [0.15, 0.2) is 0 Å². The maximum absolute atomic E-state index is 10.6. The van der Waals surface area contributed by atoms with Gasteiger partial charge in [-0.25, -0.2) is 0 Å². The number of rotatable bonds is 25. The van der Waals surface area contributed by atoms with Gasteiger partial charge in [-0.2, -0.15) is 0 Å². The van der Waals surface area contributed by atoms with Crippen molar-refractivity contribution in [3.8, 4) is 0 Å². The van der Waals surface area contributed by atoms with Crippen molar-refractivity contribution in [2.24, 2.45) is 0 Å². The van der Waals surface area contributed by atoms with Crippen molar-refractivity contribution in [2.75, 3.05) is 13.2 Å². The van der Waals surface area contributed by atoms with E-state index in [1.165, 1.54) is 57.8 Å². The van der Waals surface area contributed by atoms with Crippen molar-refractivity contribution in [1.29, 1.82) is 0 Å². The standard InChI is InChI=1S/C30H59NO10/c1-21(31-19-26(35)36)23(34)17-15-13-11-9-7-5-3-4-6-8-10-12-14-16-18-24(22(2)33)40-30-29(39)28(38)27(37)25(20-32)41-30/h21-25,27-34,37-39H,3-20H2,1-2H3,(H,35,36). The first-order chi connectivity index (χ1) is 19.6. The smallest absolute Gasteiger partial charge is 0.317 e. The van der Waals surface area contributed by atoms with E-state index >= 15 is 0 Å². The van der Waals surface area contributed by atoms with E-state index in [0.717, 1.165) is 32.1 Å². The van der Waals surface area contributed by atoms with E-state index in [-0.39, 0.29) is 12.6 Å². The molecule has 0 radical (unpaired) electrons. The molecule has 0 spiro atoms. The second kappa shape index (κ2) is 22.6. The molecule has 1 fully saturated rings. The van der Waals surface area contributed by atoms with E-state index in [0.29, 0.717) is 12.8 Å². The van der Waals surface area contributed by atoms with E-state index in [1.54, 1.807) is 6.92 Å². The SMILES string of the molecule is CC(O)C(CCCCCCCCCCCCCCCCC(O)C(C)NCC(=O)O)OC1OC(CO)C(O)C(O)C1O. The van der Waals surface area contributed by atoms with Gasteiger partial charge in [0, 0.05) is 6.04 Å². The van der Waals surface area contributed by atoms with E-state index in [2.05, 4.69) is 5.32 Å². The predicted molar refractivity (Wildman–Crippen MR) is 155 cm³/mol. The summed E-state index contributed by atoms with van der Waals surface area (Å²) >= 11 is 0. The van der Waals surface area contributed by atoms with Gasteiger partial charge in [-0.1, -0.05) is 89.9 Å². The lowest BCUT2D eigenvalue weighted by Gasteiger charge is -2.41. The minimum absolute atomic E-state index is 0.126. The topological polar surface area (TPSA) is 189 Å². The molecule has 0 aromatic carbocycles. The van der Waals surface area contributed by atoms with E-state index in [1.807, 2.05) is 6.92 Å². The van der Waals surface area contributed by atoms with Crippen molar-refractivity contribution in [2.45, 2.75) is 172 Å². The molecule has 9 atom stereocenters. The minimum Gasteiger partial charge on any atom is -0.480 e. The molecule has 0 aromatic rings. The Kier molecular flexibility index (Phi) is 21.0. The quantitative estimate of drug-likeness (QED) is 0.0725. The number of unbranched alkanes of at least 4 members (excludes halogenated alkanes) is 13. The first-order valence-electron chi connectivity index (χ1n) is 15.9. The highest BCUT2D eigenvalue weighted by Crippen LogP contribution is 2.25. The van der Waals surface area contributed by atoms with Crippen molar-refractivity contribution >= 4 is 5.97 Å². The number of carboxylic acids is 1. The number of ether oxygens (including phenoxy) is 2. The fraction of sp³-hybridized carbons (Fsp3) is 0.967. The molecule has 11 nitrogen and oxygen atoms in total. The van der Waals surface area contributed by atoms with Gasteiger partial charge in [0.05, 0.1) is 31.5 Å². The Morgan fingerprint density at radius 1 is 0.756 bits per heavy atom. The molecule has 1 heterocycles. The van der Waals surface area contributed by atoms with Gasteiger partial charge in [0.25, 0.3) is 0 Å². The molecule has 0 saturated carbocycles. The molecule has 41 heavy (non-hydrogen) atoms. The Balaban J connectivity index is 1.98. The van der Waals surface area contributed by atoms with Crippen LogP contribution in [-0.4, -0.2) is 110 Å². The molecule has 0 amide bonds. The summed E-state index contributed by atoms with van der Waals surface area (Å²) in [6.45, 7) is 2.78. The van der Waals surface area contributed by atoms with Gasteiger partial charge >= 0.3 is 5.97 Å². The molecule has 11 heteroatoms. The molecule has 0 bridgehead atoms. The molecular weight excluding hydrogens is 534 g/mol. The second-order valence-corrected chi connectivity index (χ2v) is 11.8. The van der Waals surface area contributed by atoms with Gasteiger partial charge < -0.3 is 50.5 Å². The van der Waals surface area contributed by atoms with Gasteiger partial charge in [0.1, 0.15) is 24.4 Å². The predicted octanol–water partition coefficient (Wildman–Crippen LogP) is 2.22. The van der Waals surface area contributed by atoms with Gasteiger partial charge in [-0.05, 0) is 26.7 Å². The molecule has 0 aliphatic carbocycles. The van der Waals surface area contributed by atoms with Gasteiger partial charge in [-0.3, -0.25) is 4.79 Å². The Labute approximate surface area is 246 Å².